The molecule has 2 fully saturated rings. The van der Waals surface area contributed by atoms with Crippen LogP contribution in [0.15, 0.2) is 35.5 Å². The number of fused-ring (bicyclic) bond motifs is 2. The van der Waals surface area contributed by atoms with E-state index >= 15 is 0 Å². The minimum Gasteiger partial charge on any atom is -0.462 e. The number of likely N-dealkylation sites (N-methyl/N-ethyl adjacent to an activating group) is 1. The number of pyridine rings is 1. The maximum atomic E-state index is 12.7. The van der Waals surface area contributed by atoms with Gasteiger partial charge in [0.15, 0.2) is 0 Å². The van der Waals surface area contributed by atoms with Crippen LogP contribution in [0, 0.1) is 17.3 Å². The Morgan fingerprint density at radius 2 is 2.22 bits per heavy atom. The van der Waals surface area contributed by atoms with Crippen molar-refractivity contribution in [3.8, 4) is 0 Å². The Kier molecular flexibility index (Phi) is 5.11. The van der Waals surface area contributed by atoms with E-state index in [0.717, 1.165) is 38.0 Å². The van der Waals surface area contributed by atoms with Gasteiger partial charge in [-0.05, 0) is 63.6 Å². The van der Waals surface area contributed by atoms with Gasteiger partial charge in [0.05, 0.1) is 5.92 Å². The van der Waals surface area contributed by atoms with Gasteiger partial charge < -0.3 is 9.64 Å². The number of allylic oxidation sites excluding steroid dienone is 2. The highest BCUT2D eigenvalue weighted by molar-refractivity contribution is 5.76. The van der Waals surface area contributed by atoms with E-state index in [1.54, 1.807) is 11.1 Å². The molecule has 4 heteroatoms. The van der Waals surface area contributed by atoms with E-state index < -0.39 is 0 Å². The predicted octanol–water partition coefficient (Wildman–Crippen LogP) is 4.01. The molecule has 1 aromatic rings. The van der Waals surface area contributed by atoms with Gasteiger partial charge in [-0.1, -0.05) is 24.1 Å². The van der Waals surface area contributed by atoms with Crippen LogP contribution in [0.25, 0.3) is 0 Å². The molecule has 1 aromatic heterocycles. The highest BCUT2D eigenvalue weighted by Crippen LogP contribution is 2.55. The third-order valence-corrected chi connectivity index (χ3v) is 7.16. The Bertz CT molecular complexity index is 729. The standard InChI is InChI=1S/C23H32N2O2/c1-16-7-6-10-23(2)14-21-18(13-20(16)23)19(22(26)27-21)15-25(3)12-9-17-8-4-5-11-24-17/h4-5,8,11,18-19,21H,6-7,9-10,12-15H2,1-3H3/t18-,19-,21-,23-/m1/s1. The summed E-state index contributed by atoms with van der Waals surface area (Å²) in [7, 11) is 2.11. The lowest BCUT2D eigenvalue weighted by Crippen LogP contribution is -2.41. The van der Waals surface area contributed by atoms with Crippen LogP contribution < -0.4 is 0 Å². The van der Waals surface area contributed by atoms with E-state index in [9.17, 15) is 4.79 Å². The van der Waals surface area contributed by atoms with Crippen molar-refractivity contribution in [1.29, 1.82) is 0 Å². The zero-order valence-electron chi connectivity index (χ0n) is 16.9. The molecule has 1 saturated carbocycles. The number of aromatic nitrogens is 1. The Morgan fingerprint density at radius 3 is 3.00 bits per heavy atom. The Labute approximate surface area is 163 Å². The normalized spacial score (nSPS) is 33.0. The highest BCUT2D eigenvalue weighted by Gasteiger charge is 2.52. The second-order valence-electron chi connectivity index (χ2n) is 9.16. The van der Waals surface area contributed by atoms with Gasteiger partial charge in [0.25, 0.3) is 0 Å². The molecule has 3 aliphatic rings. The Morgan fingerprint density at radius 1 is 1.37 bits per heavy atom. The molecule has 1 saturated heterocycles. The van der Waals surface area contributed by atoms with Crippen molar-refractivity contribution < 1.29 is 9.53 Å². The number of nitrogens with zero attached hydrogens (tertiary/aromatic N) is 2. The minimum atomic E-state index is 0.00973. The van der Waals surface area contributed by atoms with E-state index in [0.29, 0.717) is 5.92 Å². The third kappa shape index (κ3) is 3.69. The molecule has 4 atom stereocenters. The molecular weight excluding hydrogens is 336 g/mol. The first-order valence-electron chi connectivity index (χ1n) is 10.4. The highest BCUT2D eigenvalue weighted by atomic mass is 16.6. The molecule has 27 heavy (non-hydrogen) atoms. The average Bonchev–Trinajstić information content (AvgIpc) is 2.93. The number of esters is 1. The second kappa shape index (κ2) is 7.38. The van der Waals surface area contributed by atoms with E-state index in [1.165, 1.54) is 19.3 Å². The monoisotopic (exact) mass is 368 g/mol. The van der Waals surface area contributed by atoms with Crippen molar-refractivity contribution in [3.63, 3.8) is 0 Å². The van der Waals surface area contributed by atoms with Crippen LogP contribution in [0.5, 0.6) is 0 Å². The van der Waals surface area contributed by atoms with E-state index in [1.807, 2.05) is 18.3 Å². The summed E-state index contributed by atoms with van der Waals surface area (Å²) >= 11 is 0. The maximum Gasteiger partial charge on any atom is 0.310 e. The van der Waals surface area contributed by atoms with Crippen LogP contribution in [0.1, 0.15) is 51.6 Å². The van der Waals surface area contributed by atoms with Crippen LogP contribution >= 0.6 is 0 Å². The number of ether oxygens (including phenoxy) is 1. The summed E-state index contributed by atoms with van der Waals surface area (Å²) in [6.45, 7) is 6.40. The molecule has 1 aliphatic heterocycles. The predicted molar refractivity (Wildman–Crippen MR) is 106 cm³/mol. The van der Waals surface area contributed by atoms with Gasteiger partial charge in [-0.2, -0.15) is 0 Å². The van der Waals surface area contributed by atoms with Gasteiger partial charge >= 0.3 is 5.97 Å². The summed E-state index contributed by atoms with van der Waals surface area (Å²) in [6, 6.07) is 6.04. The molecule has 4 rings (SSSR count). The fraction of sp³-hybridized carbons (Fsp3) is 0.652. The Hall–Kier alpha value is -1.68. The fourth-order valence-electron chi connectivity index (χ4n) is 5.60. The molecule has 4 nitrogen and oxygen atoms in total. The first kappa shape index (κ1) is 18.7. The summed E-state index contributed by atoms with van der Waals surface area (Å²) in [4.78, 5) is 19.3. The molecule has 0 amide bonds. The quantitative estimate of drug-likeness (QED) is 0.582. The fourth-order valence-corrected chi connectivity index (χ4v) is 5.60. The molecule has 0 N–H and O–H groups in total. The van der Waals surface area contributed by atoms with Crippen LogP contribution in [-0.4, -0.2) is 42.1 Å². The lowest BCUT2D eigenvalue weighted by atomic mass is 9.59. The molecule has 0 radical (unpaired) electrons. The second-order valence-corrected chi connectivity index (χ2v) is 9.16. The van der Waals surface area contributed by atoms with Crippen molar-refractivity contribution in [2.45, 2.75) is 58.5 Å². The molecule has 0 unspecified atom stereocenters. The number of carbonyl (C=O) groups excluding carboxylic acids is 1. The maximum absolute atomic E-state index is 12.7. The number of carbonyl (C=O) groups is 1. The van der Waals surface area contributed by atoms with Gasteiger partial charge in [-0.3, -0.25) is 9.78 Å². The topological polar surface area (TPSA) is 42.4 Å². The number of rotatable bonds is 5. The number of hydrogen-bond acceptors (Lipinski definition) is 4. The Balaban J connectivity index is 1.42. The SMILES string of the molecule is CC1=C2C[C@H]3[C@@H](C[C@@]2(C)CCC1)OC(=O)[C@@H]3CN(C)CCc1ccccn1. The van der Waals surface area contributed by atoms with Crippen molar-refractivity contribution in [2.75, 3.05) is 20.1 Å². The molecule has 2 heterocycles. The molecule has 0 bridgehead atoms. The van der Waals surface area contributed by atoms with Crippen molar-refractivity contribution in [2.24, 2.45) is 17.3 Å². The lowest BCUT2D eigenvalue weighted by Gasteiger charge is -2.45. The van der Waals surface area contributed by atoms with Crippen LogP contribution in [0.4, 0.5) is 0 Å². The average molecular weight is 369 g/mol. The summed E-state index contributed by atoms with van der Waals surface area (Å²) < 4.78 is 5.89. The first-order chi connectivity index (χ1) is 13.0. The van der Waals surface area contributed by atoms with E-state index in [2.05, 4.69) is 36.8 Å². The van der Waals surface area contributed by atoms with E-state index in [-0.39, 0.29) is 23.4 Å². The zero-order valence-corrected chi connectivity index (χ0v) is 16.9. The molecule has 146 valence electrons. The van der Waals surface area contributed by atoms with Crippen LogP contribution in [0.3, 0.4) is 0 Å². The molecule has 2 aliphatic carbocycles. The lowest BCUT2D eigenvalue weighted by molar-refractivity contribution is -0.145. The van der Waals surface area contributed by atoms with Crippen molar-refractivity contribution >= 4 is 5.97 Å². The third-order valence-electron chi connectivity index (χ3n) is 7.16. The van der Waals surface area contributed by atoms with Crippen LogP contribution in [0.2, 0.25) is 0 Å². The van der Waals surface area contributed by atoms with Gasteiger partial charge in [0.2, 0.25) is 0 Å². The molecule has 0 spiro atoms. The van der Waals surface area contributed by atoms with Crippen LogP contribution in [-0.2, 0) is 16.0 Å². The largest absolute Gasteiger partial charge is 0.462 e. The number of hydrogen-bond donors (Lipinski definition) is 0. The smallest absolute Gasteiger partial charge is 0.310 e. The molecular formula is C23H32N2O2. The van der Waals surface area contributed by atoms with Crippen molar-refractivity contribution in [1.82, 2.24) is 9.88 Å². The van der Waals surface area contributed by atoms with Gasteiger partial charge in [0, 0.05) is 37.3 Å². The summed E-state index contributed by atoms with van der Waals surface area (Å²) in [5.74, 6) is 0.386. The zero-order chi connectivity index (χ0) is 19.0. The van der Waals surface area contributed by atoms with Crippen molar-refractivity contribution in [3.05, 3.63) is 41.2 Å². The summed E-state index contributed by atoms with van der Waals surface area (Å²) in [5.41, 5.74) is 4.56. The summed E-state index contributed by atoms with van der Waals surface area (Å²) in [6.07, 6.45) is 8.69. The van der Waals surface area contributed by atoms with E-state index in [4.69, 9.17) is 4.74 Å². The first-order valence-corrected chi connectivity index (χ1v) is 10.4. The minimum absolute atomic E-state index is 0.00973. The van der Waals surface area contributed by atoms with Gasteiger partial charge in [-0.25, -0.2) is 0 Å². The van der Waals surface area contributed by atoms with Gasteiger partial charge in [-0.15, -0.1) is 0 Å². The summed E-state index contributed by atoms with van der Waals surface area (Å²) in [5, 5.41) is 0. The molecule has 0 aromatic carbocycles. The van der Waals surface area contributed by atoms with Gasteiger partial charge in [0.1, 0.15) is 6.10 Å².